The molecule has 1 unspecified atom stereocenters. The number of fused-ring (bicyclic) bond motifs is 1. The highest BCUT2D eigenvalue weighted by molar-refractivity contribution is 5.67. The van der Waals surface area contributed by atoms with Gasteiger partial charge in [0.05, 0.1) is 12.5 Å². The number of aliphatic carboxylic acids is 1. The fourth-order valence-electron chi connectivity index (χ4n) is 1.61. The van der Waals surface area contributed by atoms with Gasteiger partial charge in [-0.1, -0.05) is 6.07 Å². The summed E-state index contributed by atoms with van der Waals surface area (Å²) in [7, 11) is 1.48. The largest absolute Gasteiger partial charge is 0.481 e. The number of hydrogen-bond acceptors (Lipinski definition) is 4. The topological polar surface area (TPSA) is 65.0 Å². The quantitative estimate of drug-likeness (QED) is 0.841. The van der Waals surface area contributed by atoms with E-state index in [0.29, 0.717) is 11.5 Å². The average molecular weight is 224 g/mol. The molecule has 1 aliphatic rings. The molecule has 86 valence electrons. The molecule has 1 aromatic rings. The van der Waals surface area contributed by atoms with Crippen LogP contribution in [0.4, 0.5) is 0 Å². The van der Waals surface area contributed by atoms with E-state index >= 15 is 0 Å². The van der Waals surface area contributed by atoms with E-state index in [9.17, 15) is 4.79 Å². The number of methoxy groups -OCH3 is 1. The van der Waals surface area contributed by atoms with E-state index in [1.54, 1.807) is 18.2 Å². The molecule has 1 aliphatic heterocycles. The van der Waals surface area contributed by atoms with Gasteiger partial charge in [-0.15, -0.1) is 0 Å². The van der Waals surface area contributed by atoms with Gasteiger partial charge in [-0.3, -0.25) is 4.79 Å². The highest BCUT2D eigenvalue weighted by atomic mass is 16.7. The van der Waals surface area contributed by atoms with Crippen LogP contribution in [-0.2, 0) is 9.53 Å². The van der Waals surface area contributed by atoms with E-state index < -0.39 is 12.1 Å². The molecule has 2 rings (SSSR count). The Morgan fingerprint density at radius 1 is 1.50 bits per heavy atom. The SMILES string of the molecule is COC(CC(=O)O)c1ccc2c(c1)OCO2. The maximum absolute atomic E-state index is 10.6. The summed E-state index contributed by atoms with van der Waals surface area (Å²) >= 11 is 0. The number of hydrogen-bond donors (Lipinski definition) is 1. The van der Waals surface area contributed by atoms with Gasteiger partial charge < -0.3 is 19.3 Å². The van der Waals surface area contributed by atoms with E-state index in [-0.39, 0.29) is 13.2 Å². The average Bonchev–Trinajstić information content (AvgIpc) is 2.72. The minimum atomic E-state index is -0.899. The first kappa shape index (κ1) is 10.8. The summed E-state index contributed by atoms with van der Waals surface area (Å²) in [6, 6.07) is 5.29. The molecule has 0 saturated carbocycles. The Labute approximate surface area is 92.5 Å². The lowest BCUT2D eigenvalue weighted by molar-refractivity contribution is -0.139. The molecule has 0 spiro atoms. The van der Waals surface area contributed by atoms with Crippen molar-refractivity contribution in [2.75, 3.05) is 13.9 Å². The van der Waals surface area contributed by atoms with Crippen molar-refractivity contribution in [3.63, 3.8) is 0 Å². The lowest BCUT2D eigenvalue weighted by Crippen LogP contribution is -2.08. The van der Waals surface area contributed by atoms with Crippen molar-refractivity contribution in [1.82, 2.24) is 0 Å². The summed E-state index contributed by atoms with van der Waals surface area (Å²) in [6.07, 6.45) is -0.539. The zero-order valence-electron chi connectivity index (χ0n) is 8.80. The second kappa shape index (κ2) is 4.40. The van der Waals surface area contributed by atoms with Gasteiger partial charge in [0.15, 0.2) is 11.5 Å². The Kier molecular flexibility index (Phi) is 2.96. The van der Waals surface area contributed by atoms with Crippen LogP contribution in [0.25, 0.3) is 0 Å². The Morgan fingerprint density at radius 2 is 2.25 bits per heavy atom. The van der Waals surface area contributed by atoms with Crippen LogP contribution >= 0.6 is 0 Å². The van der Waals surface area contributed by atoms with Crippen LogP contribution in [0.1, 0.15) is 18.1 Å². The zero-order chi connectivity index (χ0) is 11.5. The Morgan fingerprint density at radius 3 is 2.94 bits per heavy atom. The summed E-state index contributed by atoms with van der Waals surface area (Å²) in [4.78, 5) is 10.6. The molecule has 1 atom stereocenters. The lowest BCUT2D eigenvalue weighted by Gasteiger charge is -2.13. The summed E-state index contributed by atoms with van der Waals surface area (Å²) in [5.41, 5.74) is 0.772. The van der Waals surface area contributed by atoms with E-state index in [1.807, 2.05) is 0 Å². The molecule has 0 saturated heterocycles. The lowest BCUT2D eigenvalue weighted by atomic mass is 10.1. The Hall–Kier alpha value is -1.75. The number of carbonyl (C=O) groups is 1. The van der Waals surface area contributed by atoms with Crippen molar-refractivity contribution in [1.29, 1.82) is 0 Å². The first-order valence-corrected chi connectivity index (χ1v) is 4.85. The fourth-order valence-corrected chi connectivity index (χ4v) is 1.61. The number of ether oxygens (including phenoxy) is 3. The standard InChI is InChI=1S/C11H12O5/c1-14-9(5-11(12)13)7-2-3-8-10(4-7)16-6-15-8/h2-4,9H,5-6H2,1H3,(H,12,13). The minimum absolute atomic E-state index is 0.0733. The first-order chi connectivity index (χ1) is 7.70. The van der Waals surface area contributed by atoms with E-state index in [0.717, 1.165) is 5.56 Å². The molecule has 0 fully saturated rings. The number of rotatable bonds is 4. The normalized spacial score (nSPS) is 14.8. The van der Waals surface area contributed by atoms with Crippen LogP contribution in [-0.4, -0.2) is 25.0 Å². The van der Waals surface area contributed by atoms with Gasteiger partial charge in [-0.2, -0.15) is 0 Å². The molecule has 5 nitrogen and oxygen atoms in total. The highest BCUT2D eigenvalue weighted by Crippen LogP contribution is 2.35. The maximum atomic E-state index is 10.6. The van der Waals surface area contributed by atoms with Crippen LogP contribution < -0.4 is 9.47 Å². The van der Waals surface area contributed by atoms with Crippen molar-refractivity contribution >= 4 is 5.97 Å². The zero-order valence-corrected chi connectivity index (χ0v) is 8.80. The van der Waals surface area contributed by atoms with Crippen molar-refractivity contribution in [3.05, 3.63) is 23.8 Å². The van der Waals surface area contributed by atoms with Gasteiger partial charge in [0.25, 0.3) is 0 Å². The van der Waals surface area contributed by atoms with Gasteiger partial charge in [0.2, 0.25) is 6.79 Å². The fraction of sp³-hybridized carbons (Fsp3) is 0.364. The van der Waals surface area contributed by atoms with Crippen molar-refractivity contribution in [2.45, 2.75) is 12.5 Å². The summed E-state index contributed by atoms with van der Waals surface area (Å²) in [5, 5.41) is 8.73. The third-order valence-corrected chi connectivity index (χ3v) is 2.41. The second-order valence-electron chi connectivity index (χ2n) is 3.43. The van der Waals surface area contributed by atoms with Gasteiger partial charge >= 0.3 is 5.97 Å². The molecule has 1 heterocycles. The van der Waals surface area contributed by atoms with Gasteiger partial charge in [0, 0.05) is 7.11 Å². The molecule has 0 aliphatic carbocycles. The van der Waals surface area contributed by atoms with Crippen molar-refractivity contribution < 1.29 is 24.1 Å². The first-order valence-electron chi connectivity index (χ1n) is 4.85. The summed E-state index contributed by atoms with van der Waals surface area (Å²) < 4.78 is 15.5. The van der Waals surface area contributed by atoms with Crippen LogP contribution in [0.15, 0.2) is 18.2 Å². The van der Waals surface area contributed by atoms with E-state index in [1.165, 1.54) is 7.11 Å². The van der Waals surface area contributed by atoms with Gasteiger partial charge in [-0.05, 0) is 17.7 Å². The monoisotopic (exact) mass is 224 g/mol. The van der Waals surface area contributed by atoms with E-state index in [2.05, 4.69) is 0 Å². The number of carboxylic acid groups (broad SMARTS) is 1. The molecule has 0 bridgehead atoms. The molecule has 0 radical (unpaired) electrons. The smallest absolute Gasteiger partial charge is 0.306 e. The summed E-state index contributed by atoms with van der Waals surface area (Å²) in [5.74, 6) is 0.406. The molecular formula is C11H12O5. The van der Waals surface area contributed by atoms with Gasteiger partial charge in [-0.25, -0.2) is 0 Å². The van der Waals surface area contributed by atoms with E-state index in [4.69, 9.17) is 19.3 Å². The Balaban J connectivity index is 2.21. The summed E-state index contributed by atoms with van der Waals surface area (Å²) in [6.45, 7) is 0.204. The number of benzene rings is 1. The van der Waals surface area contributed by atoms with Gasteiger partial charge in [0.1, 0.15) is 0 Å². The van der Waals surface area contributed by atoms with Crippen molar-refractivity contribution in [3.8, 4) is 11.5 Å². The molecule has 1 aromatic carbocycles. The third-order valence-electron chi connectivity index (χ3n) is 2.41. The highest BCUT2D eigenvalue weighted by Gasteiger charge is 2.19. The van der Waals surface area contributed by atoms with Crippen LogP contribution in [0, 0.1) is 0 Å². The van der Waals surface area contributed by atoms with Crippen molar-refractivity contribution in [2.24, 2.45) is 0 Å². The minimum Gasteiger partial charge on any atom is -0.481 e. The molecule has 0 aromatic heterocycles. The molecule has 1 N–H and O–H groups in total. The maximum Gasteiger partial charge on any atom is 0.306 e. The molecule has 0 amide bonds. The van der Waals surface area contributed by atoms with Crippen LogP contribution in [0.2, 0.25) is 0 Å². The second-order valence-corrected chi connectivity index (χ2v) is 3.43. The number of carboxylic acids is 1. The predicted octanol–water partition coefficient (Wildman–Crippen LogP) is 1.58. The molecule has 16 heavy (non-hydrogen) atoms. The predicted molar refractivity (Wildman–Crippen MR) is 54.6 cm³/mol. The molecular weight excluding hydrogens is 212 g/mol. The molecule has 5 heteroatoms. The Bertz CT molecular complexity index is 401. The third kappa shape index (κ3) is 2.09. The van der Waals surface area contributed by atoms with Crippen LogP contribution in [0.3, 0.4) is 0 Å². The van der Waals surface area contributed by atoms with Crippen LogP contribution in [0.5, 0.6) is 11.5 Å².